The van der Waals surface area contributed by atoms with Gasteiger partial charge in [0.25, 0.3) is 0 Å². The van der Waals surface area contributed by atoms with Gasteiger partial charge in [-0.25, -0.2) is 9.59 Å². The number of phenolic OH excluding ortho intramolecular Hbond substituents is 1. The van der Waals surface area contributed by atoms with Crippen molar-refractivity contribution in [1.82, 2.24) is 10.2 Å². The quantitative estimate of drug-likeness (QED) is 0.172. The first-order chi connectivity index (χ1) is 21.6. The number of hydrogen-bond donors (Lipinski definition) is 6. The number of hydrogen-bond acceptors (Lipinski definition) is 12. The second-order valence-electron chi connectivity index (χ2n) is 12.5. The average molecular weight is 636 g/mol. The number of methoxy groups -OCH3 is 1. The molecule has 0 saturated heterocycles. The van der Waals surface area contributed by atoms with Gasteiger partial charge in [-0.1, -0.05) is 12.1 Å². The van der Waals surface area contributed by atoms with E-state index in [2.05, 4.69) is 11.1 Å². The van der Waals surface area contributed by atoms with E-state index in [0.29, 0.717) is 28.9 Å². The maximum Gasteiger partial charge on any atom is 0.348 e. The summed E-state index contributed by atoms with van der Waals surface area (Å²) in [6.07, 6.45) is 0.234. The molecule has 0 spiro atoms. The molecule has 1 fully saturated rings. The summed E-state index contributed by atoms with van der Waals surface area (Å²) >= 11 is 0. The van der Waals surface area contributed by atoms with Gasteiger partial charge in [0, 0.05) is 49.9 Å². The minimum Gasteiger partial charge on any atom is -0.508 e. The van der Waals surface area contributed by atoms with Gasteiger partial charge in [-0.15, -0.1) is 0 Å². The first kappa shape index (κ1) is 32.8. The molecular weight excluding hydrogens is 596 g/mol. The smallest absolute Gasteiger partial charge is 0.348 e. The van der Waals surface area contributed by atoms with Gasteiger partial charge in [0.1, 0.15) is 11.5 Å². The topological polar surface area (TPSA) is 205 Å². The third-order valence-electron chi connectivity index (χ3n) is 9.31. The number of amides is 1. The highest BCUT2D eigenvalue weighted by Crippen LogP contribution is 2.54. The number of nitrogens with one attached hydrogen (secondary N) is 1. The number of fused-ring (bicyclic) bond motifs is 3. The van der Waals surface area contributed by atoms with E-state index in [1.165, 1.54) is 12.0 Å². The number of phenols is 1. The highest BCUT2D eigenvalue weighted by molar-refractivity contribution is 6.22. The van der Waals surface area contributed by atoms with Crippen LogP contribution in [0.4, 0.5) is 5.69 Å². The monoisotopic (exact) mass is 635 g/mol. The first-order valence-electron chi connectivity index (χ1n) is 14.8. The van der Waals surface area contributed by atoms with E-state index in [4.69, 9.17) is 4.74 Å². The van der Waals surface area contributed by atoms with Crippen molar-refractivity contribution in [2.45, 2.75) is 37.6 Å². The number of aliphatic hydroxyl groups excluding tert-OH is 2. The molecule has 0 bridgehead atoms. The number of aromatic hydroxyl groups is 1. The maximum atomic E-state index is 14.2. The standard InChI is InChI=1S/C33H38N4O9/c1-36(2)21-12-18(14-35-13-15-6-8-16(9-7-15)32(44)46-5)26(38)23-19(21)10-17-11-20-25(37(3)4)28(40)24(31(34)43)30(42)33(20,45)29(41)22(17)27(23)39/h6-9,12,17,20,25,35,38-39,42,45H,10-11,13-14H2,1-5H3,(H2,34,43)/p+1. The van der Waals surface area contributed by atoms with E-state index in [0.717, 1.165) is 5.56 Å². The second kappa shape index (κ2) is 12.0. The molecule has 0 aromatic heterocycles. The molecule has 244 valence electrons. The fraction of sp³-hybridized carbons (Fsp3) is 0.394. The molecule has 0 aliphatic heterocycles. The van der Waals surface area contributed by atoms with Gasteiger partial charge in [0.2, 0.25) is 5.78 Å². The van der Waals surface area contributed by atoms with Gasteiger partial charge < -0.3 is 35.4 Å². The van der Waals surface area contributed by atoms with E-state index in [9.17, 15) is 39.6 Å². The molecule has 2 aromatic rings. The molecule has 0 heterocycles. The summed E-state index contributed by atoms with van der Waals surface area (Å²) in [6.45, 7) is 0.567. The Morgan fingerprint density at radius 1 is 1.07 bits per heavy atom. The number of anilines is 1. The Labute approximate surface area is 265 Å². The lowest BCUT2D eigenvalue weighted by atomic mass is 9.57. The Bertz CT molecular complexity index is 1710. The first-order valence-corrected chi connectivity index (χ1v) is 14.8. The average Bonchev–Trinajstić information content (AvgIpc) is 2.99. The minimum absolute atomic E-state index is 0.0318. The van der Waals surface area contributed by atoms with E-state index in [-0.39, 0.29) is 36.3 Å². The predicted molar refractivity (Wildman–Crippen MR) is 166 cm³/mol. The van der Waals surface area contributed by atoms with Crippen LogP contribution in [-0.2, 0) is 38.6 Å². The van der Waals surface area contributed by atoms with Crippen LogP contribution in [0.2, 0.25) is 0 Å². The van der Waals surface area contributed by atoms with Crippen LogP contribution in [0, 0.1) is 11.8 Å². The van der Waals surface area contributed by atoms with E-state index in [1.54, 1.807) is 44.4 Å². The summed E-state index contributed by atoms with van der Waals surface area (Å²) in [5.74, 6) is -6.86. The lowest BCUT2D eigenvalue weighted by Crippen LogP contribution is -2.68. The maximum absolute atomic E-state index is 14.2. The molecule has 3 aliphatic carbocycles. The van der Waals surface area contributed by atoms with Crippen molar-refractivity contribution in [3.05, 3.63) is 75.1 Å². The van der Waals surface area contributed by atoms with Crippen molar-refractivity contribution in [2.24, 2.45) is 11.8 Å². The van der Waals surface area contributed by atoms with Crippen LogP contribution in [0.1, 0.15) is 39.0 Å². The summed E-state index contributed by atoms with van der Waals surface area (Å²) in [5.41, 5.74) is 2.70. The van der Waals surface area contributed by atoms with Crippen molar-refractivity contribution in [3.8, 4) is 5.75 Å². The molecular formula is C33H39N4O9+. The number of benzene rings is 2. The fourth-order valence-corrected chi connectivity index (χ4v) is 7.13. The lowest BCUT2D eigenvalue weighted by molar-refractivity contribution is -0.299. The zero-order valence-corrected chi connectivity index (χ0v) is 26.4. The fourth-order valence-electron chi connectivity index (χ4n) is 7.13. The number of Topliss-reactive ketones (excluding diaryl/α,β-unsaturated/α-hetero) is 2. The molecule has 1 saturated carbocycles. The minimum atomic E-state index is -2.66. The molecule has 5 rings (SSSR count). The molecule has 8 N–H and O–H groups in total. The lowest BCUT2D eigenvalue weighted by Gasteiger charge is -2.50. The number of nitrogens with zero attached hydrogens (tertiary/aromatic N) is 2. The Hall–Kier alpha value is -4.56. The van der Waals surface area contributed by atoms with Crippen LogP contribution < -0.4 is 16.0 Å². The van der Waals surface area contributed by atoms with Crippen molar-refractivity contribution in [3.63, 3.8) is 0 Å². The van der Waals surface area contributed by atoms with Gasteiger partial charge >= 0.3 is 11.9 Å². The summed E-state index contributed by atoms with van der Waals surface area (Å²) in [4.78, 5) is 54.9. The van der Waals surface area contributed by atoms with E-state index < -0.39 is 64.0 Å². The van der Waals surface area contributed by atoms with E-state index in [1.807, 2.05) is 19.0 Å². The van der Waals surface area contributed by atoms with Crippen molar-refractivity contribution >= 4 is 34.9 Å². The largest absolute Gasteiger partial charge is 0.508 e. The van der Waals surface area contributed by atoms with Gasteiger partial charge in [-0.2, -0.15) is 0 Å². The molecule has 2 aromatic carbocycles. The van der Waals surface area contributed by atoms with Gasteiger partial charge in [0.05, 0.1) is 24.3 Å². The van der Waals surface area contributed by atoms with E-state index >= 15 is 0 Å². The summed E-state index contributed by atoms with van der Waals surface area (Å²) in [5, 5.41) is 49.4. The van der Waals surface area contributed by atoms with Crippen LogP contribution in [-0.4, -0.2) is 95.7 Å². The number of rotatable bonds is 8. The number of esters is 1. The third kappa shape index (κ3) is 5.05. The number of ketones is 2. The third-order valence-corrected chi connectivity index (χ3v) is 9.31. The van der Waals surface area contributed by atoms with Crippen molar-refractivity contribution in [1.29, 1.82) is 0 Å². The Balaban J connectivity index is 1.55. The summed E-state index contributed by atoms with van der Waals surface area (Å²) in [6, 6.07) is 7.54. The Kier molecular flexibility index (Phi) is 8.55. The number of ether oxygens (including phenoxy) is 1. The number of aliphatic hydroxyl groups is 3. The highest BCUT2D eigenvalue weighted by atomic mass is 16.5. The summed E-state index contributed by atoms with van der Waals surface area (Å²) in [7, 11) is 8.10. The summed E-state index contributed by atoms with van der Waals surface area (Å²) < 4.78 is 4.73. The molecule has 13 heteroatoms. The zero-order chi connectivity index (χ0) is 33.8. The van der Waals surface area contributed by atoms with Crippen LogP contribution in [0.15, 0.2) is 47.2 Å². The van der Waals surface area contributed by atoms with Crippen LogP contribution in [0.25, 0.3) is 5.76 Å². The number of carbonyl (C=O) groups excluding carboxylic acids is 4. The highest BCUT2D eigenvalue weighted by Gasteiger charge is 2.64. The van der Waals surface area contributed by atoms with Gasteiger partial charge in [0.15, 0.2) is 22.7 Å². The molecule has 0 radical (unpaired) electrons. The van der Waals surface area contributed by atoms with Crippen molar-refractivity contribution in [2.75, 3.05) is 40.2 Å². The Morgan fingerprint density at radius 3 is 2.28 bits per heavy atom. The molecule has 13 nitrogen and oxygen atoms in total. The van der Waals surface area contributed by atoms with Gasteiger partial charge in [-0.05, 0) is 62.2 Å². The SMILES string of the molecule is COC(=O)c1ccc(CNCc2cc(N(C)C)c3c(c2O)C(O)=C2C(=O)C4(O)C(O)=C(C([NH3+])=O)C(=O)C(N(C)C)C4CC2C3)cc1. The zero-order valence-electron chi connectivity index (χ0n) is 26.4. The van der Waals surface area contributed by atoms with Crippen molar-refractivity contribution < 1.29 is 50.1 Å². The molecule has 4 atom stereocenters. The van der Waals surface area contributed by atoms with Crippen LogP contribution >= 0.6 is 0 Å². The molecule has 3 aliphatic rings. The number of quaternary nitrogens is 1. The number of likely N-dealkylation sites (N-methyl/N-ethyl adjacent to an activating group) is 1. The molecule has 46 heavy (non-hydrogen) atoms. The molecule has 1 amide bonds. The van der Waals surface area contributed by atoms with Crippen LogP contribution in [0.3, 0.4) is 0 Å². The normalized spacial score (nSPS) is 24.0. The number of carbonyl (C=O) groups is 4. The molecule has 4 unspecified atom stereocenters. The van der Waals surface area contributed by atoms with Crippen LogP contribution in [0.5, 0.6) is 5.75 Å². The van der Waals surface area contributed by atoms with Gasteiger partial charge in [-0.3, -0.25) is 20.2 Å². The second-order valence-corrected chi connectivity index (χ2v) is 12.5. The predicted octanol–water partition coefficient (Wildman–Crippen LogP) is 0.390. The Morgan fingerprint density at radius 2 is 1.72 bits per heavy atom.